The van der Waals surface area contributed by atoms with Gasteiger partial charge in [-0.2, -0.15) is 4.31 Å². The van der Waals surface area contributed by atoms with E-state index in [1.807, 2.05) is 4.90 Å². The fourth-order valence-electron chi connectivity index (χ4n) is 4.68. The van der Waals surface area contributed by atoms with Gasteiger partial charge in [0.05, 0.1) is 10.8 Å². The summed E-state index contributed by atoms with van der Waals surface area (Å²) in [5.74, 6) is -0.453. The minimum absolute atomic E-state index is 0.0695. The van der Waals surface area contributed by atoms with E-state index in [-0.39, 0.29) is 29.0 Å². The highest BCUT2D eigenvalue weighted by Gasteiger charge is 2.38. The summed E-state index contributed by atoms with van der Waals surface area (Å²) in [7, 11) is -3.48. The molecule has 3 aliphatic rings. The zero-order valence-electron chi connectivity index (χ0n) is 16.7. The molecule has 158 valence electrons. The van der Waals surface area contributed by atoms with Gasteiger partial charge in [-0.15, -0.1) is 0 Å². The minimum Gasteiger partial charge on any atom is -0.339 e. The Morgan fingerprint density at radius 1 is 0.966 bits per heavy atom. The van der Waals surface area contributed by atoms with E-state index in [2.05, 4.69) is 5.32 Å². The van der Waals surface area contributed by atoms with Gasteiger partial charge in [-0.25, -0.2) is 8.42 Å². The fraction of sp³-hybridized carbons (Fsp3) is 0.619. The smallest absolute Gasteiger partial charge is 0.243 e. The van der Waals surface area contributed by atoms with Crippen LogP contribution in [0.4, 0.5) is 5.69 Å². The van der Waals surface area contributed by atoms with Crippen molar-refractivity contribution in [2.45, 2.75) is 62.3 Å². The number of carbonyl (C=O) groups is 2. The molecule has 1 N–H and O–H groups in total. The Balaban J connectivity index is 1.37. The molecule has 1 aromatic carbocycles. The monoisotopic (exact) mass is 419 g/mol. The number of nitrogens with one attached hydrogen (secondary N) is 1. The summed E-state index contributed by atoms with van der Waals surface area (Å²) in [6, 6.07) is 6.63. The predicted octanol–water partition coefficient (Wildman–Crippen LogP) is 2.59. The summed E-state index contributed by atoms with van der Waals surface area (Å²) in [6.45, 7) is 1.61. The molecule has 2 aliphatic heterocycles. The lowest BCUT2D eigenvalue weighted by atomic mass is 10.1. The first-order chi connectivity index (χ1) is 13.9. The molecule has 1 atom stereocenters. The maximum Gasteiger partial charge on any atom is 0.243 e. The lowest BCUT2D eigenvalue weighted by molar-refractivity contribution is -0.129. The number of likely N-dealkylation sites (tertiary alicyclic amines) is 1. The third-order valence-electron chi connectivity index (χ3n) is 6.37. The quantitative estimate of drug-likeness (QED) is 0.795. The van der Waals surface area contributed by atoms with E-state index in [0.717, 1.165) is 44.9 Å². The first-order valence-electron chi connectivity index (χ1n) is 10.7. The Morgan fingerprint density at radius 2 is 1.62 bits per heavy atom. The van der Waals surface area contributed by atoms with E-state index in [1.54, 1.807) is 24.3 Å². The molecule has 8 heteroatoms. The van der Waals surface area contributed by atoms with Crippen LogP contribution >= 0.6 is 0 Å². The highest BCUT2D eigenvalue weighted by atomic mass is 32.2. The van der Waals surface area contributed by atoms with Crippen molar-refractivity contribution in [1.29, 1.82) is 0 Å². The number of benzene rings is 1. The van der Waals surface area contributed by atoms with Crippen LogP contribution in [0.1, 0.15) is 51.4 Å². The first-order valence-corrected chi connectivity index (χ1v) is 12.1. The second-order valence-electron chi connectivity index (χ2n) is 8.36. The number of piperidine rings is 1. The molecule has 0 unspecified atom stereocenters. The molecule has 1 aliphatic carbocycles. The second kappa shape index (κ2) is 8.44. The topological polar surface area (TPSA) is 86.8 Å². The van der Waals surface area contributed by atoms with Crippen LogP contribution in [0.3, 0.4) is 0 Å². The van der Waals surface area contributed by atoms with Crippen LogP contribution in [0.5, 0.6) is 0 Å². The molecule has 7 nitrogen and oxygen atoms in total. The molecule has 1 aromatic rings. The van der Waals surface area contributed by atoms with Crippen LogP contribution in [0.15, 0.2) is 29.2 Å². The number of hydrogen-bond donors (Lipinski definition) is 1. The SMILES string of the molecule is O=C(Nc1ccc(S(=O)(=O)N2CCCCC2)cc1)[C@@H]1CC(=O)N(C2CCCC2)C1. The molecule has 29 heavy (non-hydrogen) atoms. The third-order valence-corrected chi connectivity index (χ3v) is 8.28. The molecule has 2 amide bonds. The number of sulfonamides is 1. The fourth-order valence-corrected chi connectivity index (χ4v) is 6.20. The maximum absolute atomic E-state index is 12.7. The van der Waals surface area contributed by atoms with E-state index < -0.39 is 10.0 Å². The van der Waals surface area contributed by atoms with E-state index in [4.69, 9.17) is 0 Å². The summed E-state index contributed by atoms with van der Waals surface area (Å²) in [6.07, 6.45) is 7.48. The van der Waals surface area contributed by atoms with E-state index in [1.165, 1.54) is 4.31 Å². The van der Waals surface area contributed by atoms with Gasteiger partial charge in [0.15, 0.2) is 0 Å². The lowest BCUT2D eigenvalue weighted by Crippen LogP contribution is -2.35. The highest BCUT2D eigenvalue weighted by Crippen LogP contribution is 2.30. The third kappa shape index (κ3) is 4.33. The van der Waals surface area contributed by atoms with Crippen molar-refractivity contribution in [2.75, 3.05) is 25.0 Å². The molecule has 3 fully saturated rings. The van der Waals surface area contributed by atoms with Crippen molar-refractivity contribution < 1.29 is 18.0 Å². The van der Waals surface area contributed by atoms with Gasteiger partial charge in [-0.1, -0.05) is 19.3 Å². The lowest BCUT2D eigenvalue weighted by Gasteiger charge is -2.26. The summed E-state index contributed by atoms with van der Waals surface area (Å²) in [5.41, 5.74) is 0.555. The molecular formula is C21H29N3O4S. The first kappa shape index (κ1) is 20.3. The summed E-state index contributed by atoms with van der Waals surface area (Å²) < 4.78 is 27.0. The zero-order valence-corrected chi connectivity index (χ0v) is 17.5. The number of nitrogens with zero attached hydrogens (tertiary/aromatic N) is 2. The summed E-state index contributed by atoms with van der Waals surface area (Å²) in [5, 5.41) is 2.85. The normalized spacial score (nSPS) is 24.2. The number of hydrogen-bond acceptors (Lipinski definition) is 4. The van der Waals surface area contributed by atoms with Crippen LogP contribution in [0.2, 0.25) is 0 Å². The molecule has 0 spiro atoms. The Hall–Kier alpha value is -1.93. The van der Waals surface area contributed by atoms with E-state index >= 15 is 0 Å². The number of carbonyl (C=O) groups excluding carboxylic acids is 2. The standard InChI is InChI=1S/C21H29N3O4S/c25-20-14-16(15-24(20)18-6-2-3-7-18)21(26)22-17-8-10-19(11-9-17)29(27,28)23-12-4-1-5-13-23/h8-11,16,18H,1-7,12-15H2,(H,22,26)/t16-/m1/s1. The van der Waals surface area contributed by atoms with Gasteiger partial charge in [0, 0.05) is 37.8 Å². The van der Waals surface area contributed by atoms with Crippen molar-refractivity contribution in [2.24, 2.45) is 5.92 Å². The second-order valence-corrected chi connectivity index (χ2v) is 10.3. The van der Waals surface area contributed by atoms with Crippen LogP contribution in [0.25, 0.3) is 0 Å². The maximum atomic E-state index is 12.7. The molecular weight excluding hydrogens is 390 g/mol. The summed E-state index contributed by atoms with van der Waals surface area (Å²) >= 11 is 0. The molecule has 0 aromatic heterocycles. The molecule has 0 bridgehead atoms. The number of amides is 2. The Labute approximate surface area is 172 Å². The van der Waals surface area contributed by atoms with Crippen molar-refractivity contribution >= 4 is 27.5 Å². The van der Waals surface area contributed by atoms with Gasteiger partial charge >= 0.3 is 0 Å². The number of rotatable bonds is 5. The molecule has 2 saturated heterocycles. The molecule has 4 rings (SSSR count). The molecule has 1 saturated carbocycles. The van der Waals surface area contributed by atoms with Gasteiger partial charge in [-0.3, -0.25) is 9.59 Å². The predicted molar refractivity (Wildman–Crippen MR) is 110 cm³/mol. The van der Waals surface area contributed by atoms with Crippen LogP contribution in [0, 0.1) is 5.92 Å². The van der Waals surface area contributed by atoms with E-state index in [9.17, 15) is 18.0 Å². The van der Waals surface area contributed by atoms with Gasteiger partial charge in [0.25, 0.3) is 0 Å². The number of anilines is 1. The average Bonchev–Trinajstić information content (AvgIpc) is 3.38. The molecule has 2 heterocycles. The molecule has 0 radical (unpaired) electrons. The van der Waals surface area contributed by atoms with Gasteiger partial charge in [-0.05, 0) is 49.9 Å². The average molecular weight is 420 g/mol. The van der Waals surface area contributed by atoms with Gasteiger partial charge < -0.3 is 10.2 Å². The van der Waals surface area contributed by atoms with E-state index in [0.29, 0.717) is 31.4 Å². The largest absolute Gasteiger partial charge is 0.339 e. The van der Waals surface area contributed by atoms with Crippen molar-refractivity contribution in [3.05, 3.63) is 24.3 Å². The zero-order chi connectivity index (χ0) is 20.4. The Kier molecular flexibility index (Phi) is 5.92. The van der Waals surface area contributed by atoms with Gasteiger partial charge in [0.2, 0.25) is 21.8 Å². The summed E-state index contributed by atoms with van der Waals surface area (Å²) in [4.78, 5) is 27.1. The van der Waals surface area contributed by atoms with Crippen molar-refractivity contribution in [3.63, 3.8) is 0 Å². The van der Waals surface area contributed by atoms with Crippen LogP contribution in [-0.4, -0.2) is 55.1 Å². The Morgan fingerprint density at radius 3 is 2.28 bits per heavy atom. The van der Waals surface area contributed by atoms with Gasteiger partial charge in [0.1, 0.15) is 0 Å². The Bertz CT molecular complexity index is 856. The minimum atomic E-state index is -3.48. The van der Waals surface area contributed by atoms with Crippen molar-refractivity contribution in [1.82, 2.24) is 9.21 Å². The van der Waals surface area contributed by atoms with Crippen molar-refractivity contribution in [3.8, 4) is 0 Å². The highest BCUT2D eigenvalue weighted by molar-refractivity contribution is 7.89. The van der Waals surface area contributed by atoms with Crippen LogP contribution < -0.4 is 5.32 Å². The van der Waals surface area contributed by atoms with Crippen LogP contribution in [-0.2, 0) is 19.6 Å².